The number of nitrogens with zero attached hydrogens (tertiary/aromatic N) is 1. The first-order valence-electron chi connectivity index (χ1n) is 7.32. The molecular weight excluding hydrogens is 287 g/mol. The number of hydrogen-bond acceptors (Lipinski definition) is 5. The maximum Gasteiger partial charge on any atom is 0.139 e. The summed E-state index contributed by atoms with van der Waals surface area (Å²) in [6.45, 7) is 1.60. The van der Waals surface area contributed by atoms with Crippen LogP contribution in [-0.2, 0) is 24.1 Å². The van der Waals surface area contributed by atoms with E-state index in [4.69, 9.17) is 14.4 Å². The van der Waals surface area contributed by atoms with Crippen molar-refractivity contribution in [2.24, 2.45) is 0 Å². The van der Waals surface area contributed by atoms with E-state index in [1.807, 2.05) is 12.1 Å². The zero-order chi connectivity index (χ0) is 15.4. The largest absolute Gasteiger partial charge is 0.396 e. The Hall–Kier alpha value is -1.76. The van der Waals surface area contributed by atoms with E-state index in [-0.39, 0.29) is 18.0 Å². The highest BCUT2D eigenvalue weighted by molar-refractivity contribution is 5.18. The average Bonchev–Trinajstić information content (AvgIpc) is 2.91. The minimum absolute atomic E-state index is 0.0361. The van der Waals surface area contributed by atoms with Crippen molar-refractivity contribution in [1.82, 2.24) is 10.5 Å². The maximum atomic E-state index is 13.7. The molecule has 22 heavy (non-hydrogen) atoms. The number of ether oxygens (including phenoxy) is 1. The second kappa shape index (κ2) is 6.56. The first-order chi connectivity index (χ1) is 10.7. The first-order valence-corrected chi connectivity index (χ1v) is 7.32. The van der Waals surface area contributed by atoms with Gasteiger partial charge >= 0.3 is 0 Å². The molecule has 1 aliphatic rings. The van der Waals surface area contributed by atoms with E-state index in [1.54, 1.807) is 12.1 Å². The number of benzene rings is 1. The van der Waals surface area contributed by atoms with Crippen LogP contribution in [0.15, 0.2) is 34.9 Å². The lowest BCUT2D eigenvalue weighted by Gasteiger charge is -2.42. The van der Waals surface area contributed by atoms with E-state index < -0.39 is 0 Å². The smallest absolute Gasteiger partial charge is 0.139 e. The molecule has 3 rings (SSSR count). The van der Waals surface area contributed by atoms with E-state index >= 15 is 0 Å². The van der Waals surface area contributed by atoms with Crippen molar-refractivity contribution in [2.75, 3.05) is 19.8 Å². The summed E-state index contributed by atoms with van der Waals surface area (Å²) >= 11 is 0. The molecule has 1 fully saturated rings. The summed E-state index contributed by atoms with van der Waals surface area (Å²) < 4.78 is 24.2. The Morgan fingerprint density at radius 2 is 2.14 bits per heavy atom. The molecule has 6 heteroatoms. The van der Waals surface area contributed by atoms with Crippen LogP contribution in [0.3, 0.4) is 0 Å². The van der Waals surface area contributed by atoms with E-state index in [2.05, 4.69) is 10.5 Å². The van der Waals surface area contributed by atoms with Crippen LogP contribution >= 0.6 is 0 Å². The van der Waals surface area contributed by atoms with Gasteiger partial charge in [-0.1, -0.05) is 23.4 Å². The van der Waals surface area contributed by atoms with Crippen LogP contribution in [0.2, 0.25) is 0 Å². The fraction of sp³-hybridized carbons (Fsp3) is 0.438. The number of rotatable bonds is 7. The molecule has 0 radical (unpaired) electrons. The summed E-state index contributed by atoms with van der Waals surface area (Å²) in [6, 6.07) is 8.58. The predicted octanol–water partition coefficient (Wildman–Crippen LogP) is 1.45. The highest BCUT2D eigenvalue weighted by Crippen LogP contribution is 2.23. The topological polar surface area (TPSA) is 67.5 Å². The van der Waals surface area contributed by atoms with Crippen molar-refractivity contribution in [3.63, 3.8) is 0 Å². The van der Waals surface area contributed by atoms with E-state index in [0.29, 0.717) is 43.9 Å². The van der Waals surface area contributed by atoms with Gasteiger partial charge in [0.2, 0.25) is 0 Å². The molecule has 2 aromatic rings. The zero-order valence-electron chi connectivity index (χ0n) is 12.2. The third-order valence-corrected chi connectivity index (χ3v) is 3.85. The van der Waals surface area contributed by atoms with Crippen LogP contribution < -0.4 is 5.32 Å². The predicted molar refractivity (Wildman–Crippen MR) is 77.8 cm³/mol. The number of hydrogen-bond donors (Lipinski definition) is 2. The molecule has 5 nitrogen and oxygen atoms in total. The summed E-state index contributed by atoms with van der Waals surface area (Å²) in [7, 11) is 0. The van der Waals surface area contributed by atoms with Gasteiger partial charge in [-0.15, -0.1) is 0 Å². The van der Waals surface area contributed by atoms with Gasteiger partial charge in [-0.05, 0) is 6.07 Å². The maximum absolute atomic E-state index is 13.7. The molecule has 1 aromatic heterocycles. The second-order valence-corrected chi connectivity index (χ2v) is 5.65. The number of aliphatic hydroxyl groups is 1. The van der Waals surface area contributed by atoms with E-state index in [1.165, 1.54) is 6.07 Å². The standard InChI is InChI=1S/C16H19FN2O3/c17-15-4-2-1-3-12(15)9-18-16(10-21-11-16)8-13-7-14(5-6-20)22-19-13/h1-4,7,18,20H,5-6,8-11H2. The van der Waals surface area contributed by atoms with Gasteiger partial charge in [0.1, 0.15) is 11.6 Å². The summed E-state index contributed by atoms with van der Waals surface area (Å²) in [5.74, 6) is 0.457. The minimum Gasteiger partial charge on any atom is -0.396 e. The molecule has 0 aliphatic carbocycles. The Morgan fingerprint density at radius 3 is 2.82 bits per heavy atom. The van der Waals surface area contributed by atoms with E-state index in [0.717, 1.165) is 5.69 Å². The number of aliphatic hydroxyl groups excluding tert-OH is 1. The summed E-state index contributed by atoms with van der Waals surface area (Å²) in [6.07, 6.45) is 1.11. The van der Waals surface area contributed by atoms with Crippen molar-refractivity contribution in [3.8, 4) is 0 Å². The van der Waals surface area contributed by atoms with Gasteiger partial charge < -0.3 is 19.7 Å². The lowest BCUT2D eigenvalue weighted by molar-refractivity contribution is -0.0756. The Labute approximate surface area is 128 Å². The number of halogens is 1. The summed E-state index contributed by atoms with van der Waals surface area (Å²) in [5, 5.41) is 16.3. The highest BCUT2D eigenvalue weighted by atomic mass is 19.1. The second-order valence-electron chi connectivity index (χ2n) is 5.65. The van der Waals surface area contributed by atoms with Crippen LogP contribution in [-0.4, -0.2) is 35.6 Å². The molecule has 1 saturated heterocycles. The van der Waals surface area contributed by atoms with Gasteiger partial charge in [0.05, 0.1) is 31.1 Å². The summed E-state index contributed by atoms with van der Waals surface area (Å²) in [4.78, 5) is 0. The quantitative estimate of drug-likeness (QED) is 0.810. The van der Waals surface area contributed by atoms with E-state index in [9.17, 15) is 4.39 Å². The van der Waals surface area contributed by atoms with Crippen LogP contribution in [0.1, 0.15) is 17.0 Å². The van der Waals surface area contributed by atoms with Gasteiger partial charge in [0.15, 0.2) is 0 Å². The van der Waals surface area contributed by atoms with Gasteiger partial charge in [0.25, 0.3) is 0 Å². The van der Waals surface area contributed by atoms with Crippen molar-refractivity contribution in [2.45, 2.75) is 24.9 Å². The minimum atomic E-state index is -0.240. The molecule has 0 atom stereocenters. The molecule has 2 heterocycles. The molecule has 0 bridgehead atoms. The Bertz CT molecular complexity index is 625. The fourth-order valence-electron chi connectivity index (χ4n) is 2.55. The van der Waals surface area contributed by atoms with Gasteiger partial charge in [0, 0.05) is 31.0 Å². The third kappa shape index (κ3) is 3.35. The molecule has 118 valence electrons. The Morgan fingerprint density at radius 1 is 1.32 bits per heavy atom. The van der Waals surface area contributed by atoms with Gasteiger partial charge in [-0.3, -0.25) is 0 Å². The highest BCUT2D eigenvalue weighted by Gasteiger charge is 2.39. The average molecular weight is 306 g/mol. The van der Waals surface area contributed by atoms with Crippen LogP contribution in [0.25, 0.3) is 0 Å². The molecule has 0 amide bonds. The number of nitrogens with one attached hydrogen (secondary N) is 1. The van der Waals surface area contributed by atoms with Gasteiger partial charge in [-0.2, -0.15) is 0 Å². The number of aromatic nitrogens is 1. The lowest BCUT2D eigenvalue weighted by Crippen LogP contribution is -2.61. The van der Waals surface area contributed by atoms with Crippen LogP contribution in [0.5, 0.6) is 0 Å². The molecule has 1 aromatic carbocycles. The Balaban J connectivity index is 1.63. The van der Waals surface area contributed by atoms with Crippen molar-refractivity contribution in [1.29, 1.82) is 0 Å². The van der Waals surface area contributed by atoms with Crippen LogP contribution in [0.4, 0.5) is 4.39 Å². The molecule has 0 unspecified atom stereocenters. The monoisotopic (exact) mass is 306 g/mol. The molecule has 0 saturated carbocycles. The SMILES string of the molecule is OCCc1cc(CC2(NCc3ccccc3F)COC2)no1. The first kappa shape index (κ1) is 15.1. The van der Waals surface area contributed by atoms with Gasteiger partial charge in [-0.25, -0.2) is 4.39 Å². The zero-order valence-corrected chi connectivity index (χ0v) is 12.2. The lowest BCUT2D eigenvalue weighted by atomic mass is 9.90. The van der Waals surface area contributed by atoms with Crippen molar-refractivity contribution < 1.29 is 18.8 Å². The molecular formula is C16H19FN2O3. The Kier molecular flexibility index (Phi) is 4.52. The van der Waals surface area contributed by atoms with Crippen molar-refractivity contribution in [3.05, 3.63) is 53.2 Å². The third-order valence-electron chi connectivity index (χ3n) is 3.85. The van der Waals surface area contributed by atoms with Crippen molar-refractivity contribution >= 4 is 0 Å². The fourth-order valence-corrected chi connectivity index (χ4v) is 2.55. The molecule has 0 spiro atoms. The normalized spacial score (nSPS) is 16.5. The summed E-state index contributed by atoms with van der Waals surface area (Å²) in [5.41, 5.74) is 1.21. The van der Waals surface area contributed by atoms with Crippen LogP contribution in [0, 0.1) is 5.82 Å². The molecule has 2 N–H and O–H groups in total. The molecule has 1 aliphatic heterocycles.